The van der Waals surface area contributed by atoms with Crippen molar-refractivity contribution in [1.29, 1.82) is 0 Å². The van der Waals surface area contributed by atoms with Crippen LogP contribution in [0.2, 0.25) is 0 Å². The summed E-state index contributed by atoms with van der Waals surface area (Å²) in [5, 5.41) is 15.5. The van der Waals surface area contributed by atoms with E-state index in [0.717, 1.165) is 63.7 Å². The minimum absolute atomic E-state index is 0.00339. The molecule has 2 aliphatic carbocycles. The van der Waals surface area contributed by atoms with Crippen LogP contribution >= 0.6 is 0 Å². The minimum Gasteiger partial charge on any atom is -0.383 e. The highest BCUT2D eigenvalue weighted by Crippen LogP contribution is 2.43. The van der Waals surface area contributed by atoms with Gasteiger partial charge in [0.2, 0.25) is 5.91 Å². The van der Waals surface area contributed by atoms with Gasteiger partial charge in [-0.25, -0.2) is 9.97 Å². The van der Waals surface area contributed by atoms with Gasteiger partial charge in [0.05, 0.1) is 23.7 Å². The zero-order valence-corrected chi connectivity index (χ0v) is 22.5. The van der Waals surface area contributed by atoms with Crippen molar-refractivity contribution in [1.82, 2.24) is 20.2 Å². The number of rotatable bonds is 7. The first-order valence-corrected chi connectivity index (χ1v) is 14.2. The van der Waals surface area contributed by atoms with Gasteiger partial charge < -0.3 is 15.7 Å². The van der Waals surface area contributed by atoms with Gasteiger partial charge in [-0.15, -0.1) is 0 Å². The molecule has 226 valence electrons. The lowest BCUT2D eigenvalue weighted by Crippen LogP contribution is -2.63. The van der Waals surface area contributed by atoms with Crippen LogP contribution in [-0.2, 0) is 11.0 Å². The number of aromatic nitrogens is 2. The molecule has 1 aliphatic heterocycles. The second kappa shape index (κ2) is 11.9. The molecule has 1 atom stereocenters. The molecule has 3 fully saturated rings. The summed E-state index contributed by atoms with van der Waals surface area (Å²) in [6.07, 6.45) is -3.55. The van der Waals surface area contributed by atoms with Crippen molar-refractivity contribution in [3.05, 3.63) is 30.1 Å². The Balaban J connectivity index is 1.02. The highest BCUT2D eigenvalue weighted by molar-refractivity contribution is 5.91. The summed E-state index contributed by atoms with van der Waals surface area (Å²) in [7, 11) is 0. The maximum absolute atomic E-state index is 13.1. The van der Waals surface area contributed by atoms with Gasteiger partial charge >= 0.3 is 12.4 Å². The highest BCUT2D eigenvalue weighted by atomic mass is 19.4. The zero-order valence-electron chi connectivity index (χ0n) is 22.5. The predicted molar refractivity (Wildman–Crippen MR) is 140 cm³/mol. The first-order chi connectivity index (χ1) is 19.4. The van der Waals surface area contributed by atoms with E-state index in [9.17, 15) is 36.2 Å². The Morgan fingerprint density at radius 3 is 2.20 bits per heavy atom. The molecule has 0 spiro atoms. The molecule has 1 aromatic carbocycles. The Hall–Kier alpha value is -2.67. The van der Waals surface area contributed by atoms with E-state index in [1.54, 1.807) is 0 Å². The van der Waals surface area contributed by atoms with E-state index in [2.05, 4.69) is 25.5 Å². The van der Waals surface area contributed by atoms with Crippen LogP contribution in [0.1, 0.15) is 56.9 Å². The Labute approximate surface area is 234 Å². The highest BCUT2D eigenvalue weighted by Gasteiger charge is 2.45. The molecule has 1 saturated heterocycles. The lowest BCUT2D eigenvalue weighted by molar-refractivity contribution is -0.223. The SMILES string of the molecule is O=C(CNc1ncnc2ccc(C(F)(F)F)cc12)NC1CN(C2CCC([C@H]3CC[C@@H](C(O)C(F)(F)F)CC3)CC2)C1. The molecule has 3 N–H and O–H groups in total. The van der Waals surface area contributed by atoms with E-state index in [4.69, 9.17) is 0 Å². The molecular weight excluding hydrogens is 552 g/mol. The number of hydrogen-bond acceptors (Lipinski definition) is 6. The second-order valence-corrected chi connectivity index (χ2v) is 11.8. The third-order valence-electron chi connectivity index (χ3n) is 9.18. The average Bonchev–Trinajstić information content (AvgIpc) is 2.92. The molecule has 41 heavy (non-hydrogen) atoms. The Morgan fingerprint density at radius 1 is 0.951 bits per heavy atom. The van der Waals surface area contributed by atoms with Crippen molar-refractivity contribution in [2.75, 3.05) is 25.0 Å². The topological polar surface area (TPSA) is 90.4 Å². The van der Waals surface area contributed by atoms with Crippen LogP contribution in [0.25, 0.3) is 10.9 Å². The van der Waals surface area contributed by atoms with E-state index < -0.39 is 29.9 Å². The van der Waals surface area contributed by atoms with Crippen molar-refractivity contribution in [3.63, 3.8) is 0 Å². The fraction of sp³-hybridized carbons (Fsp3) is 0.679. The number of anilines is 1. The molecule has 5 rings (SSSR count). The number of benzene rings is 1. The van der Waals surface area contributed by atoms with Gasteiger partial charge in [0, 0.05) is 24.5 Å². The fourth-order valence-corrected chi connectivity index (χ4v) is 6.86. The van der Waals surface area contributed by atoms with Crippen molar-refractivity contribution in [2.45, 2.75) is 81.9 Å². The molecule has 13 heteroatoms. The quantitative estimate of drug-likeness (QED) is 0.389. The number of alkyl halides is 6. The summed E-state index contributed by atoms with van der Waals surface area (Å²) in [5.41, 5.74) is -0.475. The van der Waals surface area contributed by atoms with Crippen LogP contribution in [0.3, 0.4) is 0 Å². The first-order valence-electron chi connectivity index (χ1n) is 14.2. The second-order valence-electron chi connectivity index (χ2n) is 11.8. The van der Waals surface area contributed by atoms with Crippen LogP contribution in [-0.4, -0.2) is 69.9 Å². The van der Waals surface area contributed by atoms with Crippen molar-refractivity contribution in [2.24, 2.45) is 17.8 Å². The fourth-order valence-electron chi connectivity index (χ4n) is 6.86. The van der Waals surface area contributed by atoms with Gasteiger partial charge in [0.1, 0.15) is 12.1 Å². The number of amides is 1. The largest absolute Gasteiger partial charge is 0.416 e. The molecule has 2 aromatic rings. The molecule has 1 unspecified atom stereocenters. The van der Waals surface area contributed by atoms with Gasteiger partial charge in [-0.3, -0.25) is 9.69 Å². The first kappa shape index (κ1) is 29.8. The normalized spacial score (nSPS) is 27.3. The maximum Gasteiger partial charge on any atom is 0.416 e. The lowest BCUT2D eigenvalue weighted by atomic mass is 9.69. The number of nitrogens with one attached hydrogen (secondary N) is 2. The number of halogens is 6. The van der Waals surface area contributed by atoms with Crippen molar-refractivity contribution in [3.8, 4) is 0 Å². The zero-order chi connectivity index (χ0) is 29.4. The predicted octanol–water partition coefficient (Wildman–Crippen LogP) is 5.15. The van der Waals surface area contributed by atoms with E-state index in [1.807, 2.05) is 0 Å². The van der Waals surface area contributed by atoms with E-state index in [-0.39, 0.29) is 29.7 Å². The molecule has 0 radical (unpaired) electrons. The van der Waals surface area contributed by atoms with Crippen LogP contribution in [0, 0.1) is 17.8 Å². The Morgan fingerprint density at radius 2 is 1.59 bits per heavy atom. The van der Waals surface area contributed by atoms with E-state index in [0.29, 0.717) is 36.2 Å². The van der Waals surface area contributed by atoms with Gasteiger partial charge in [-0.2, -0.15) is 26.3 Å². The van der Waals surface area contributed by atoms with Crippen molar-refractivity contribution >= 4 is 22.6 Å². The smallest absolute Gasteiger partial charge is 0.383 e. The molecule has 1 amide bonds. The number of carbonyl (C=O) groups is 1. The Kier molecular flexibility index (Phi) is 8.66. The Bertz CT molecular complexity index is 1200. The molecule has 3 aliphatic rings. The van der Waals surface area contributed by atoms with Crippen molar-refractivity contribution < 1.29 is 36.2 Å². The number of aliphatic hydroxyl groups is 1. The summed E-state index contributed by atoms with van der Waals surface area (Å²) in [5.74, 6) is 0.143. The number of hydrogen-bond donors (Lipinski definition) is 3. The van der Waals surface area contributed by atoms with Gasteiger partial charge in [0.15, 0.2) is 6.10 Å². The standard InChI is InChI=1S/C28H35F6N5O2/c29-27(30,31)19-7-10-23-22(11-19)26(37-15-36-23)35-12-24(40)38-20-13-39(14-20)21-8-5-17(6-9-21)16-1-3-18(4-2-16)25(41)28(32,33)34/h7,10-11,15-18,20-21,25,41H,1-6,8-9,12-14H2,(H,38,40)(H,35,36,37)/t16-,17?,18+,21?,25?. The number of fused-ring (bicyclic) bond motifs is 1. The van der Waals surface area contributed by atoms with Gasteiger partial charge in [-0.1, -0.05) is 0 Å². The summed E-state index contributed by atoms with van der Waals surface area (Å²) in [4.78, 5) is 22.9. The third-order valence-corrected chi connectivity index (χ3v) is 9.18. The lowest BCUT2D eigenvalue weighted by Gasteiger charge is -2.48. The van der Waals surface area contributed by atoms with Crippen LogP contribution in [0.15, 0.2) is 24.5 Å². The molecule has 7 nitrogen and oxygen atoms in total. The number of aliphatic hydroxyl groups excluding tert-OH is 1. The van der Waals surface area contributed by atoms with Crippen LogP contribution in [0.4, 0.5) is 32.2 Å². The summed E-state index contributed by atoms with van der Waals surface area (Å²) in [6, 6.07) is 3.62. The molecule has 1 aromatic heterocycles. The van der Waals surface area contributed by atoms with Crippen LogP contribution < -0.4 is 10.6 Å². The molecule has 2 saturated carbocycles. The van der Waals surface area contributed by atoms with Gasteiger partial charge in [0.25, 0.3) is 0 Å². The summed E-state index contributed by atoms with van der Waals surface area (Å²) >= 11 is 0. The molecular formula is C28H35F6N5O2. The summed E-state index contributed by atoms with van der Waals surface area (Å²) < 4.78 is 77.9. The number of likely N-dealkylation sites (tertiary alicyclic amines) is 1. The number of nitrogens with zero attached hydrogens (tertiary/aromatic N) is 3. The van der Waals surface area contributed by atoms with Crippen LogP contribution in [0.5, 0.6) is 0 Å². The molecule has 2 heterocycles. The monoisotopic (exact) mass is 587 g/mol. The van der Waals surface area contributed by atoms with E-state index in [1.165, 1.54) is 12.4 Å². The maximum atomic E-state index is 13.1. The third kappa shape index (κ3) is 7.04. The summed E-state index contributed by atoms with van der Waals surface area (Å²) in [6.45, 7) is 1.33. The minimum atomic E-state index is -4.55. The average molecular weight is 588 g/mol. The molecule has 0 bridgehead atoms. The van der Waals surface area contributed by atoms with E-state index >= 15 is 0 Å². The number of carbonyl (C=O) groups excluding carboxylic acids is 1. The van der Waals surface area contributed by atoms with Gasteiger partial charge in [-0.05, 0) is 87.3 Å².